The second kappa shape index (κ2) is 7.27. The lowest BCUT2D eigenvalue weighted by atomic mass is 10.2. The van der Waals surface area contributed by atoms with Crippen LogP contribution in [0.3, 0.4) is 0 Å². The van der Waals surface area contributed by atoms with Gasteiger partial charge in [-0.3, -0.25) is 0 Å². The first-order chi connectivity index (χ1) is 10.5. The average Bonchev–Trinajstić information content (AvgIpc) is 2.51. The lowest BCUT2D eigenvalue weighted by Crippen LogP contribution is -2.14. The number of benzene rings is 2. The molecule has 2 rings (SSSR count). The maximum Gasteiger partial charge on any atom is 0.165 e. The van der Waals surface area contributed by atoms with Crippen LogP contribution in [-0.4, -0.2) is 24.8 Å². The number of ether oxygens (including phenoxy) is 1. The van der Waals surface area contributed by atoms with Crippen molar-refractivity contribution in [1.29, 1.82) is 0 Å². The Kier molecular flexibility index (Phi) is 5.39. The van der Waals surface area contributed by atoms with Crippen molar-refractivity contribution in [3.8, 4) is 11.5 Å². The van der Waals surface area contributed by atoms with E-state index in [4.69, 9.17) is 16.3 Å². The molecule has 0 amide bonds. The van der Waals surface area contributed by atoms with E-state index in [1.54, 1.807) is 30.6 Å². The monoisotopic (exact) mass is 320 g/mol. The van der Waals surface area contributed by atoms with Crippen LogP contribution in [0.4, 0.5) is 10.1 Å². The Morgan fingerprint density at radius 2 is 2.00 bits per heavy atom. The van der Waals surface area contributed by atoms with Gasteiger partial charge < -0.3 is 9.64 Å². The van der Waals surface area contributed by atoms with Crippen LogP contribution in [-0.2, 0) is 0 Å². The standard InChI is InChI=1S/C17H18ClFN2O/c1-4-21(3)11-20-15-9-12(2)17(10-13(15)18)22-16-8-6-5-7-14(16)19/h5-11H,4H2,1-3H3/b20-11+. The van der Waals surface area contributed by atoms with Crippen LogP contribution in [0.2, 0.25) is 5.02 Å². The molecule has 0 heterocycles. The Bertz CT molecular complexity index is 688. The minimum absolute atomic E-state index is 0.170. The second-order valence-electron chi connectivity index (χ2n) is 4.92. The predicted octanol–water partition coefficient (Wildman–Crippen LogP) is 5.19. The van der Waals surface area contributed by atoms with E-state index in [1.165, 1.54) is 6.07 Å². The van der Waals surface area contributed by atoms with E-state index >= 15 is 0 Å². The van der Waals surface area contributed by atoms with Gasteiger partial charge in [-0.25, -0.2) is 9.38 Å². The molecule has 2 aromatic carbocycles. The fourth-order valence-corrected chi connectivity index (χ4v) is 1.95. The third kappa shape index (κ3) is 3.98. The average molecular weight is 321 g/mol. The van der Waals surface area contributed by atoms with Crippen molar-refractivity contribution < 1.29 is 9.13 Å². The Hall–Kier alpha value is -2.07. The SMILES string of the molecule is CCN(C)/C=N/c1cc(C)c(Oc2ccccc2F)cc1Cl. The summed E-state index contributed by atoms with van der Waals surface area (Å²) in [5.41, 5.74) is 1.49. The van der Waals surface area contributed by atoms with Crippen LogP contribution < -0.4 is 4.74 Å². The highest BCUT2D eigenvalue weighted by atomic mass is 35.5. The minimum atomic E-state index is -0.412. The maximum absolute atomic E-state index is 13.6. The summed E-state index contributed by atoms with van der Waals surface area (Å²) in [6.07, 6.45) is 1.72. The zero-order valence-corrected chi connectivity index (χ0v) is 13.6. The number of halogens is 2. The smallest absolute Gasteiger partial charge is 0.165 e. The number of para-hydroxylation sites is 1. The largest absolute Gasteiger partial charge is 0.454 e. The third-order valence-corrected chi connectivity index (χ3v) is 3.50. The molecule has 0 saturated carbocycles. The summed E-state index contributed by atoms with van der Waals surface area (Å²) < 4.78 is 19.2. The number of nitrogens with zero attached hydrogens (tertiary/aromatic N) is 2. The Morgan fingerprint density at radius 3 is 2.68 bits per heavy atom. The molecular formula is C17H18ClFN2O. The normalized spacial score (nSPS) is 11.0. The van der Waals surface area contributed by atoms with Crippen molar-refractivity contribution in [2.45, 2.75) is 13.8 Å². The minimum Gasteiger partial charge on any atom is -0.454 e. The molecule has 0 bridgehead atoms. The molecule has 0 unspecified atom stereocenters. The van der Waals surface area contributed by atoms with Crippen LogP contribution in [0, 0.1) is 12.7 Å². The van der Waals surface area contributed by atoms with E-state index in [-0.39, 0.29) is 5.75 Å². The first-order valence-electron chi connectivity index (χ1n) is 6.98. The molecular weight excluding hydrogens is 303 g/mol. The van der Waals surface area contributed by atoms with Crippen LogP contribution in [0.25, 0.3) is 0 Å². The van der Waals surface area contributed by atoms with Crippen molar-refractivity contribution in [3.63, 3.8) is 0 Å². The summed E-state index contributed by atoms with van der Waals surface area (Å²) in [7, 11) is 1.93. The summed E-state index contributed by atoms with van der Waals surface area (Å²) in [4.78, 5) is 6.28. The van der Waals surface area contributed by atoms with E-state index in [0.717, 1.165) is 12.1 Å². The Labute approximate surface area is 135 Å². The predicted molar refractivity (Wildman–Crippen MR) is 89.1 cm³/mol. The Morgan fingerprint density at radius 1 is 1.27 bits per heavy atom. The van der Waals surface area contributed by atoms with Gasteiger partial charge in [0.25, 0.3) is 0 Å². The summed E-state index contributed by atoms with van der Waals surface area (Å²) in [6.45, 7) is 4.76. The van der Waals surface area contributed by atoms with Gasteiger partial charge in [-0.05, 0) is 37.6 Å². The summed E-state index contributed by atoms with van der Waals surface area (Å²) in [5.74, 6) is 0.270. The maximum atomic E-state index is 13.6. The number of aliphatic imine (C=N–C) groups is 1. The van der Waals surface area contributed by atoms with Gasteiger partial charge in [-0.1, -0.05) is 23.7 Å². The van der Waals surface area contributed by atoms with Gasteiger partial charge in [-0.2, -0.15) is 0 Å². The third-order valence-electron chi connectivity index (χ3n) is 3.19. The van der Waals surface area contributed by atoms with E-state index in [1.807, 2.05) is 31.9 Å². The zero-order valence-electron chi connectivity index (χ0n) is 12.8. The number of hydrogen-bond acceptors (Lipinski definition) is 2. The van der Waals surface area contributed by atoms with Gasteiger partial charge in [-0.15, -0.1) is 0 Å². The van der Waals surface area contributed by atoms with Crippen molar-refractivity contribution in [2.24, 2.45) is 4.99 Å². The van der Waals surface area contributed by atoms with Gasteiger partial charge >= 0.3 is 0 Å². The van der Waals surface area contributed by atoms with Crippen molar-refractivity contribution in [3.05, 3.63) is 52.8 Å². The quantitative estimate of drug-likeness (QED) is 0.559. The molecule has 5 heteroatoms. The van der Waals surface area contributed by atoms with Gasteiger partial charge in [0.15, 0.2) is 11.6 Å². The van der Waals surface area contributed by atoms with E-state index in [9.17, 15) is 4.39 Å². The first kappa shape index (κ1) is 16.3. The van der Waals surface area contributed by atoms with Crippen LogP contribution >= 0.6 is 11.6 Å². The Balaban J connectivity index is 2.27. The first-order valence-corrected chi connectivity index (χ1v) is 7.36. The van der Waals surface area contributed by atoms with Crippen LogP contribution in [0.15, 0.2) is 41.4 Å². The number of hydrogen-bond donors (Lipinski definition) is 0. The molecule has 0 saturated heterocycles. The van der Waals surface area contributed by atoms with E-state index < -0.39 is 5.82 Å². The van der Waals surface area contributed by atoms with E-state index in [0.29, 0.717) is 16.5 Å². The molecule has 0 radical (unpaired) electrons. The molecule has 0 atom stereocenters. The fraction of sp³-hybridized carbons (Fsp3) is 0.235. The lowest BCUT2D eigenvalue weighted by Gasteiger charge is -2.12. The number of aryl methyl sites for hydroxylation is 1. The van der Waals surface area contributed by atoms with Crippen LogP contribution in [0.5, 0.6) is 11.5 Å². The zero-order chi connectivity index (χ0) is 16.1. The molecule has 3 nitrogen and oxygen atoms in total. The highest BCUT2D eigenvalue weighted by Crippen LogP contribution is 2.35. The van der Waals surface area contributed by atoms with E-state index in [2.05, 4.69) is 4.99 Å². The fourth-order valence-electron chi connectivity index (χ4n) is 1.75. The summed E-state index contributed by atoms with van der Waals surface area (Å²) in [5, 5.41) is 0.456. The molecule has 0 N–H and O–H groups in total. The highest BCUT2D eigenvalue weighted by Gasteiger charge is 2.09. The van der Waals surface area contributed by atoms with Gasteiger partial charge in [0.05, 0.1) is 17.0 Å². The molecule has 0 aliphatic rings. The molecule has 0 spiro atoms. The van der Waals surface area contributed by atoms with Gasteiger partial charge in [0, 0.05) is 19.7 Å². The molecule has 0 aliphatic heterocycles. The highest BCUT2D eigenvalue weighted by molar-refractivity contribution is 6.33. The topological polar surface area (TPSA) is 24.8 Å². The van der Waals surface area contributed by atoms with Crippen LogP contribution in [0.1, 0.15) is 12.5 Å². The lowest BCUT2D eigenvalue weighted by molar-refractivity contribution is 0.439. The molecule has 0 aliphatic carbocycles. The van der Waals surface area contributed by atoms with Gasteiger partial charge in [0.2, 0.25) is 0 Å². The molecule has 0 aromatic heterocycles. The van der Waals surface area contributed by atoms with Crippen molar-refractivity contribution in [2.75, 3.05) is 13.6 Å². The molecule has 2 aromatic rings. The summed E-state index contributed by atoms with van der Waals surface area (Å²) >= 11 is 6.23. The molecule has 0 fully saturated rings. The van der Waals surface area contributed by atoms with Gasteiger partial charge in [0.1, 0.15) is 5.75 Å². The van der Waals surface area contributed by atoms with Crippen molar-refractivity contribution in [1.82, 2.24) is 4.90 Å². The molecule has 116 valence electrons. The van der Waals surface area contributed by atoms with Crippen molar-refractivity contribution >= 4 is 23.6 Å². The second-order valence-corrected chi connectivity index (χ2v) is 5.33. The summed E-state index contributed by atoms with van der Waals surface area (Å²) in [6, 6.07) is 9.73. The molecule has 22 heavy (non-hydrogen) atoms. The number of rotatable bonds is 5.